The summed E-state index contributed by atoms with van der Waals surface area (Å²) in [5.74, 6) is 2.07. The van der Waals surface area contributed by atoms with Gasteiger partial charge in [-0.1, -0.05) is 135 Å². The monoisotopic (exact) mass is 966 g/mol. The molecule has 0 spiro atoms. The van der Waals surface area contributed by atoms with Crippen molar-refractivity contribution in [3.63, 3.8) is 0 Å². The van der Waals surface area contributed by atoms with Gasteiger partial charge in [-0.25, -0.2) is 4.98 Å². The number of nitrogens with zero attached hydrogens (tertiary/aromatic N) is 4. The van der Waals surface area contributed by atoms with Crippen molar-refractivity contribution in [1.29, 1.82) is 0 Å². The molecule has 0 saturated carbocycles. The molecule has 0 saturated heterocycles. The van der Waals surface area contributed by atoms with Gasteiger partial charge < -0.3 is 19.1 Å². The van der Waals surface area contributed by atoms with Crippen LogP contribution in [0.3, 0.4) is 0 Å². The first-order valence-electron chi connectivity index (χ1n) is 20.5. The summed E-state index contributed by atoms with van der Waals surface area (Å²) in [6.45, 7) is 22.5. The Balaban J connectivity index is 0.00000499. The molecular formula is C54H51N4OPt-3. The number of hydrogen-bond donors (Lipinski definition) is 0. The molecule has 0 aliphatic carbocycles. The largest absolute Gasteiger partial charge is 0.509 e. The van der Waals surface area contributed by atoms with E-state index in [-0.39, 0.29) is 37.3 Å². The first-order valence-corrected chi connectivity index (χ1v) is 20.5. The van der Waals surface area contributed by atoms with Gasteiger partial charge >= 0.3 is 0 Å². The Morgan fingerprint density at radius 1 is 0.533 bits per heavy atom. The molecule has 0 unspecified atom stereocenters. The van der Waals surface area contributed by atoms with Gasteiger partial charge in [0.25, 0.3) is 0 Å². The SMILES string of the molecule is CC(C)(C)c1ccnc(-n2c3[c-]c(Oc4[c-]c(N5[CH-]N(c6cc(C(C)(C)C)ccc6-c6ccccc6)c6cc(C(C)(C)C)ccc65)ccc4)ccc3c3ccccc32)c1.[Pt]. The minimum absolute atomic E-state index is 0. The van der Waals surface area contributed by atoms with E-state index in [1.807, 2.05) is 24.4 Å². The molecule has 0 radical (unpaired) electrons. The number of rotatable bonds is 6. The number of pyridine rings is 1. The van der Waals surface area contributed by atoms with Crippen molar-refractivity contribution in [3.8, 4) is 28.4 Å². The number of ether oxygens (including phenoxy) is 1. The Morgan fingerprint density at radius 3 is 1.92 bits per heavy atom. The Kier molecular flexibility index (Phi) is 10.6. The Labute approximate surface area is 369 Å². The maximum atomic E-state index is 6.65. The summed E-state index contributed by atoms with van der Waals surface area (Å²) < 4.78 is 8.84. The van der Waals surface area contributed by atoms with E-state index in [0.717, 1.165) is 50.4 Å². The normalized spacial score (nSPS) is 13.2. The molecule has 0 atom stereocenters. The van der Waals surface area contributed by atoms with Crippen LogP contribution in [0.25, 0.3) is 38.8 Å². The van der Waals surface area contributed by atoms with E-state index in [9.17, 15) is 0 Å². The van der Waals surface area contributed by atoms with E-state index in [0.29, 0.717) is 11.5 Å². The summed E-state index contributed by atoms with van der Waals surface area (Å²) in [6.07, 6.45) is 1.90. The van der Waals surface area contributed by atoms with Crippen LogP contribution in [0.5, 0.6) is 11.5 Å². The molecule has 9 rings (SSSR count). The van der Waals surface area contributed by atoms with Crippen LogP contribution >= 0.6 is 0 Å². The van der Waals surface area contributed by atoms with E-state index in [1.165, 1.54) is 27.8 Å². The summed E-state index contributed by atoms with van der Waals surface area (Å²) in [4.78, 5) is 9.43. The summed E-state index contributed by atoms with van der Waals surface area (Å²) >= 11 is 0. The van der Waals surface area contributed by atoms with Crippen LogP contribution in [0.4, 0.5) is 22.7 Å². The van der Waals surface area contributed by atoms with Crippen LogP contribution in [0.1, 0.15) is 79.0 Å². The first-order chi connectivity index (χ1) is 28.1. The second kappa shape index (κ2) is 15.4. The zero-order valence-electron chi connectivity index (χ0n) is 35.9. The van der Waals surface area contributed by atoms with Crippen molar-refractivity contribution in [1.82, 2.24) is 9.55 Å². The zero-order valence-corrected chi connectivity index (χ0v) is 38.1. The molecule has 0 N–H and O–H groups in total. The molecular weight excluding hydrogens is 916 g/mol. The summed E-state index contributed by atoms with van der Waals surface area (Å²) in [7, 11) is 0. The van der Waals surface area contributed by atoms with Crippen molar-refractivity contribution in [2.75, 3.05) is 9.80 Å². The van der Waals surface area contributed by atoms with Gasteiger partial charge in [-0.2, -0.15) is 12.1 Å². The third kappa shape index (κ3) is 7.65. The van der Waals surface area contributed by atoms with Gasteiger partial charge in [0, 0.05) is 66.9 Å². The van der Waals surface area contributed by atoms with Crippen LogP contribution in [0.2, 0.25) is 0 Å². The molecule has 8 aromatic rings. The van der Waals surface area contributed by atoms with Gasteiger partial charge in [-0.05, 0) is 80.3 Å². The van der Waals surface area contributed by atoms with Gasteiger partial charge in [0.2, 0.25) is 0 Å². The third-order valence-electron chi connectivity index (χ3n) is 11.4. The number of hydrogen-bond acceptors (Lipinski definition) is 4. The van der Waals surface area contributed by atoms with Crippen molar-refractivity contribution < 1.29 is 25.8 Å². The average molecular weight is 967 g/mol. The molecule has 6 aromatic carbocycles. The fourth-order valence-electron chi connectivity index (χ4n) is 8.00. The van der Waals surface area contributed by atoms with Crippen molar-refractivity contribution in [2.24, 2.45) is 0 Å². The molecule has 0 amide bonds. The van der Waals surface area contributed by atoms with E-state index in [4.69, 9.17) is 9.72 Å². The molecule has 1 aliphatic rings. The molecule has 6 heteroatoms. The van der Waals surface area contributed by atoms with Crippen LogP contribution in [-0.2, 0) is 37.3 Å². The van der Waals surface area contributed by atoms with Crippen LogP contribution in [-0.4, -0.2) is 9.55 Å². The van der Waals surface area contributed by atoms with Gasteiger partial charge in [-0.15, -0.1) is 48.1 Å². The minimum Gasteiger partial charge on any atom is -0.509 e. The number of anilines is 4. The van der Waals surface area contributed by atoms with Gasteiger partial charge in [0.1, 0.15) is 5.82 Å². The zero-order chi connectivity index (χ0) is 41.3. The molecule has 60 heavy (non-hydrogen) atoms. The van der Waals surface area contributed by atoms with Crippen molar-refractivity contribution in [2.45, 2.75) is 78.6 Å². The van der Waals surface area contributed by atoms with Gasteiger partial charge in [-0.3, -0.25) is 0 Å². The second-order valence-electron chi connectivity index (χ2n) is 18.7. The second-order valence-corrected chi connectivity index (χ2v) is 18.7. The van der Waals surface area contributed by atoms with Gasteiger partial charge in [0.15, 0.2) is 0 Å². The summed E-state index contributed by atoms with van der Waals surface area (Å²) in [5, 5.41) is 2.24. The smallest absolute Gasteiger partial charge is 0.135 e. The van der Waals surface area contributed by atoms with Crippen LogP contribution in [0.15, 0.2) is 140 Å². The van der Waals surface area contributed by atoms with Gasteiger partial charge in [0.05, 0.1) is 0 Å². The summed E-state index contributed by atoms with van der Waals surface area (Å²) in [6, 6.07) is 54.7. The molecule has 2 aromatic heterocycles. The fraction of sp³-hybridized carbons (Fsp3) is 0.222. The minimum atomic E-state index is -0.0295. The molecule has 5 nitrogen and oxygen atoms in total. The number of benzene rings is 6. The third-order valence-corrected chi connectivity index (χ3v) is 11.4. The molecule has 3 heterocycles. The van der Waals surface area contributed by atoms with Crippen molar-refractivity contribution in [3.05, 3.63) is 175 Å². The maximum absolute atomic E-state index is 6.65. The standard InChI is InChI=1S/C54H51N4O.Pt/c1-52(2,3)37-22-25-43(36-16-11-10-12-17-36)48(30-37)57-35-56(47-27-23-38(31-50(47)57)53(4,5)6)40-18-15-19-41(33-40)59-42-24-26-45-44-20-13-14-21-46(44)58(49(45)34-42)51-32-39(28-29-55-51)54(7,8)9;/h10-32,35H,1-9H3;/q-3;. The Bertz CT molecular complexity index is 2860. The number of fused-ring (bicyclic) bond motifs is 4. The number of aromatic nitrogens is 2. The number of para-hydroxylation sites is 1. The van der Waals surface area contributed by atoms with Crippen LogP contribution < -0.4 is 14.5 Å². The predicted octanol–water partition coefficient (Wildman–Crippen LogP) is 14.5. The topological polar surface area (TPSA) is 33.5 Å². The molecule has 0 fully saturated rings. The van der Waals surface area contributed by atoms with E-state index in [1.54, 1.807) is 0 Å². The van der Waals surface area contributed by atoms with E-state index >= 15 is 0 Å². The first kappa shape index (κ1) is 41.1. The maximum Gasteiger partial charge on any atom is 0.135 e. The molecule has 0 bridgehead atoms. The van der Waals surface area contributed by atoms with Crippen LogP contribution in [0, 0.1) is 18.8 Å². The predicted molar refractivity (Wildman–Crippen MR) is 246 cm³/mol. The Hall–Kier alpha value is -5.64. The van der Waals surface area contributed by atoms with E-state index < -0.39 is 0 Å². The summed E-state index contributed by atoms with van der Waals surface area (Å²) in [5.41, 5.74) is 12.2. The molecule has 1 aliphatic heterocycles. The molecule has 306 valence electrons. The van der Waals surface area contributed by atoms with E-state index in [2.05, 4.69) is 211 Å². The average Bonchev–Trinajstić information content (AvgIpc) is 3.76. The Morgan fingerprint density at radius 2 is 1.18 bits per heavy atom. The quantitative estimate of drug-likeness (QED) is 0.156. The van der Waals surface area contributed by atoms with Crippen molar-refractivity contribution >= 4 is 44.6 Å². The fourth-order valence-corrected chi connectivity index (χ4v) is 8.00.